The van der Waals surface area contributed by atoms with E-state index in [9.17, 15) is 9.59 Å². The van der Waals surface area contributed by atoms with Gasteiger partial charge in [0.25, 0.3) is 5.91 Å². The van der Waals surface area contributed by atoms with Crippen LogP contribution in [0.1, 0.15) is 37.0 Å². The lowest BCUT2D eigenvalue weighted by molar-refractivity contribution is -0.137. The Kier molecular flexibility index (Phi) is 6.72. The summed E-state index contributed by atoms with van der Waals surface area (Å²) in [5.74, 6) is 0.0112. The van der Waals surface area contributed by atoms with Gasteiger partial charge in [-0.3, -0.25) is 9.59 Å². The predicted molar refractivity (Wildman–Crippen MR) is 80.6 cm³/mol. The summed E-state index contributed by atoms with van der Waals surface area (Å²) in [6.07, 6.45) is 0.795. The lowest BCUT2D eigenvalue weighted by atomic mass is 10.1. The Bertz CT molecular complexity index is 485. The summed E-state index contributed by atoms with van der Waals surface area (Å²) in [6, 6.07) is 6.91. The third kappa shape index (κ3) is 5.85. The molecule has 0 atom stereocenters. The Morgan fingerprint density at radius 1 is 1.29 bits per heavy atom. The van der Waals surface area contributed by atoms with Crippen molar-refractivity contribution in [1.29, 1.82) is 0 Å². The summed E-state index contributed by atoms with van der Waals surface area (Å²) in [7, 11) is 1.55. The zero-order valence-corrected chi connectivity index (χ0v) is 12.8. The van der Waals surface area contributed by atoms with Crippen molar-refractivity contribution in [3.05, 3.63) is 29.8 Å². The summed E-state index contributed by atoms with van der Waals surface area (Å²) in [6.45, 7) is 4.93. The second-order valence-electron chi connectivity index (χ2n) is 5.35. The third-order valence-corrected chi connectivity index (χ3v) is 3.18. The average molecular weight is 293 g/mol. The Balaban J connectivity index is 2.83. The molecule has 0 saturated heterocycles. The number of ether oxygens (including phenoxy) is 1. The number of benzene rings is 1. The van der Waals surface area contributed by atoms with E-state index in [1.54, 1.807) is 36.3 Å². The third-order valence-electron chi connectivity index (χ3n) is 3.18. The molecule has 0 unspecified atom stereocenters. The molecular weight excluding hydrogens is 270 g/mol. The van der Waals surface area contributed by atoms with Crippen LogP contribution in [0.25, 0.3) is 0 Å². The fraction of sp³-hybridized carbons (Fsp3) is 0.500. The van der Waals surface area contributed by atoms with Gasteiger partial charge in [-0.2, -0.15) is 0 Å². The minimum atomic E-state index is -0.900. The summed E-state index contributed by atoms with van der Waals surface area (Å²) < 4.78 is 5.12. The lowest BCUT2D eigenvalue weighted by Gasteiger charge is -2.23. The number of carboxylic acid groups (broad SMARTS) is 1. The average Bonchev–Trinajstić information content (AvgIpc) is 2.46. The summed E-state index contributed by atoms with van der Waals surface area (Å²) in [4.78, 5) is 24.9. The van der Waals surface area contributed by atoms with Gasteiger partial charge in [0.15, 0.2) is 0 Å². The van der Waals surface area contributed by atoms with Gasteiger partial charge in [0.05, 0.1) is 13.5 Å². The number of carbonyl (C=O) groups is 2. The SMILES string of the molecule is COc1cccc(C(=O)N(CCC(=O)O)CCC(C)C)c1. The summed E-state index contributed by atoms with van der Waals surface area (Å²) >= 11 is 0. The van der Waals surface area contributed by atoms with E-state index in [-0.39, 0.29) is 18.9 Å². The predicted octanol–water partition coefficient (Wildman–Crippen LogP) is 2.66. The van der Waals surface area contributed by atoms with Crippen LogP contribution in [0.15, 0.2) is 24.3 Å². The largest absolute Gasteiger partial charge is 0.497 e. The van der Waals surface area contributed by atoms with Crippen molar-refractivity contribution in [3.8, 4) is 5.75 Å². The number of carboxylic acids is 1. The molecule has 0 bridgehead atoms. The van der Waals surface area contributed by atoms with Crippen LogP contribution in [0.2, 0.25) is 0 Å². The minimum absolute atomic E-state index is 0.0478. The van der Waals surface area contributed by atoms with E-state index >= 15 is 0 Å². The first-order chi connectivity index (χ1) is 9.93. The molecule has 1 N–H and O–H groups in total. The molecule has 5 heteroatoms. The molecule has 1 aromatic carbocycles. The van der Waals surface area contributed by atoms with Crippen molar-refractivity contribution in [3.63, 3.8) is 0 Å². The standard InChI is InChI=1S/C16H23NO4/c1-12(2)7-9-17(10-8-15(18)19)16(20)13-5-4-6-14(11-13)21-3/h4-6,11-12H,7-10H2,1-3H3,(H,18,19). The van der Waals surface area contributed by atoms with E-state index in [1.165, 1.54) is 0 Å². The van der Waals surface area contributed by atoms with Gasteiger partial charge >= 0.3 is 5.97 Å². The van der Waals surface area contributed by atoms with Crippen molar-refractivity contribution in [1.82, 2.24) is 4.90 Å². The van der Waals surface area contributed by atoms with Gasteiger partial charge in [-0.15, -0.1) is 0 Å². The van der Waals surface area contributed by atoms with Gasteiger partial charge in [-0.1, -0.05) is 19.9 Å². The maximum absolute atomic E-state index is 12.5. The fourth-order valence-electron chi connectivity index (χ4n) is 1.90. The van der Waals surface area contributed by atoms with Crippen LogP contribution in [0.5, 0.6) is 5.75 Å². The van der Waals surface area contributed by atoms with Crippen molar-refractivity contribution < 1.29 is 19.4 Å². The molecule has 0 heterocycles. The van der Waals surface area contributed by atoms with Gasteiger partial charge in [-0.05, 0) is 30.5 Å². The zero-order chi connectivity index (χ0) is 15.8. The minimum Gasteiger partial charge on any atom is -0.497 e. The molecule has 21 heavy (non-hydrogen) atoms. The highest BCUT2D eigenvalue weighted by atomic mass is 16.5. The normalized spacial score (nSPS) is 10.5. The van der Waals surface area contributed by atoms with Crippen LogP contribution < -0.4 is 4.74 Å². The number of methoxy groups -OCH3 is 1. The molecule has 0 fully saturated rings. The topological polar surface area (TPSA) is 66.8 Å². The molecule has 1 rings (SSSR count). The lowest BCUT2D eigenvalue weighted by Crippen LogP contribution is -2.34. The second-order valence-corrected chi connectivity index (χ2v) is 5.35. The van der Waals surface area contributed by atoms with E-state index < -0.39 is 5.97 Å². The number of nitrogens with zero attached hydrogens (tertiary/aromatic N) is 1. The summed E-state index contributed by atoms with van der Waals surface area (Å²) in [5, 5.41) is 8.82. The zero-order valence-electron chi connectivity index (χ0n) is 12.8. The number of rotatable bonds is 8. The highest BCUT2D eigenvalue weighted by Crippen LogP contribution is 2.15. The van der Waals surface area contributed by atoms with Crippen LogP contribution >= 0.6 is 0 Å². The molecule has 116 valence electrons. The van der Waals surface area contributed by atoms with Gasteiger partial charge in [0.2, 0.25) is 0 Å². The molecular formula is C16H23NO4. The molecule has 0 aliphatic rings. The van der Waals surface area contributed by atoms with E-state index in [2.05, 4.69) is 13.8 Å². The number of hydrogen-bond donors (Lipinski definition) is 1. The quantitative estimate of drug-likeness (QED) is 0.800. The van der Waals surface area contributed by atoms with Crippen molar-refractivity contribution in [2.75, 3.05) is 20.2 Å². The Hall–Kier alpha value is -2.04. The van der Waals surface area contributed by atoms with Crippen LogP contribution in [-0.2, 0) is 4.79 Å². The van der Waals surface area contributed by atoms with Crippen molar-refractivity contribution in [2.24, 2.45) is 5.92 Å². The van der Waals surface area contributed by atoms with Gasteiger partial charge in [0.1, 0.15) is 5.75 Å². The van der Waals surface area contributed by atoms with E-state index in [4.69, 9.17) is 9.84 Å². The highest BCUT2D eigenvalue weighted by Gasteiger charge is 2.17. The Morgan fingerprint density at radius 3 is 2.57 bits per heavy atom. The van der Waals surface area contributed by atoms with Gasteiger partial charge < -0.3 is 14.7 Å². The van der Waals surface area contributed by atoms with E-state index in [0.717, 1.165) is 6.42 Å². The second kappa shape index (κ2) is 8.29. The Labute approximate surface area is 125 Å². The molecule has 0 aliphatic heterocycles. The number of carbonyl (C=O) groups excluding carboxylic acids is 1. The summed E-state index contributed by atoms with van der Waals surface area (Å²) in [5.41, 5.74) is 0.517. The monoisotopic (exact) mass is 293 g/mol. The molecule has 5 nitrogen and oxygen atoms in total. The van der Waals surface area contributed by atoms with Crippen LogP contribution in [0, 0.1) is 5.92 Å². The first-order valence-electron chi connectivity index (χ1n) is 7.09. The first-order valence-corrected chi connectivity index (χ1v) is 7.09. The van der Waals surface area contributed by atoms with E-state index in [0.29, 0.717) is 23.8 Å². The number of aliphatic carboxylic acids is 1. The fourth-order valence-corrected chi connectivity index (χ4v) is 1.90. The molecule has 0 aromatic heterocycles. The van der Waals surface area contributed by atoms with Gasteiger partial charge in [0, 0.05) is 18.7 Å². The first kappa shape index (κ1) is 17.0. The van der Waals surface area contributed by atoms with Crippen molar-refractivity contribution >= 4 is 11.9 Å². The number of amides is 1. The van der Waals surface area contributed by atoms with Crippen molar-refractivity contribution in [2.45, 2.75) is 26.7 Å². The molecule has 0 saturated carbocycles. The molecule has 0 aliphatic carbocycles. The molecule has 0 radical (unpaired) electrons. The smallest absolute Gasteiger partial charge is 0.305 e. The van der Waals surface area contributed by atoms with Gasteiger partial charge in [-0.25, -0.2) is 0 Å². The maximum atomic E-state index is 12.5. The molecule has 0 spiro atoms. The molecule has 1 aromatic rings. The number of hydrogen-bond acceptors (Lipinski definition) is 3. The van der Waals surface area contributed by atoms with E-state index in [1.807, 2.05) is 0 Å². The van der Waals surface area contributed by atoms with Crippen LogP contribution in [0.3, 0.4) is 0 Å². The highest BCUT2D eigenvalue weighted by molar-refractivity contribution is 5.94. The maximum Gasteiger partial charge on any atom is 0.305 e. The Morgan fingerprint density at radius 2 is 2.00 bits per heavy atom. The van der Waals surface area contributed by atoms with Crippen LogP contribution in [-0.4, -0.2) is 42.1 Å². The molecule has 1 amide bonds. The van der Waals surface area contributed by atoms with Crippen LogP contribution in [0.4, 0.5) is 0 Å².